The van der Waals surface area contributed by atoms with Gasteiger partial charge >= 0.3 is 0 Å². The first kappa shape index (κ1) is 13.8. The number of hydrogen-bond acceptors (Lipinski definition) is 1. The van der Waals surface area contributed by atoms with Crippen LogP contribution in [0.3, 0.4) is 0 Å². The first-order valence-corrected chi connectivity index (χ1v) is 6.53. The molecule has 0 saturated heterocycles. The highest BCUT2D eigenvalue weighted by Crippen LogP contribution is 2.41. The summed E-state index contributed by atoms with van der Waals surface area (Å²) in [7, 11) is 1.80. The van der Waals surface area contributed by atoms with Gasteiger partial charge in [-0.3, -0.25) is 0 Å². The molecule has 0 saturated carbocycles. The number of hydrogen-bond donors (Lipinski definition) is 0. The van der Waals surface area contributed by atoms with E-state index in [1.807, 2.05) is 0 Å². The Labute approximate surface area is 101 Å². The van der Waals surface area contributed by atoms with E-state index in [-0.39, 0.29) is 0 Å². The molecule has 1 aliphatic carbocycles. The zero-order valence-electron chi connectivity index (χ0n) is 11.8. The Morgan fingerprint density at radius 1 is 1.38 bits per heavy atom. The summed E-state index contributed by atoms with van der Waals surface area (Å²) in [5, 5.41) is 0. The second-order valence-electron chi connectivity index (χ2n) is 6.67. The SMILES string of the molecule is COCC1=CC(C(C)C)CC(C(C)(C)C)C1. The van der Waals surface area contributed by atoms with Crippen LogP contribution < -0.4 is 0 Å². The van der Waals surface area contributed by atoms with E-state index >= 15 is 0 Å². The maximum Gasteiger partial charge on any atom is 0.0673 e. The standard InChI is InChI=1S/C15H28O/c1-11(2)13-7-12(10-16-6)8-14(9-13)15(3,4)5/h7,11,13-14H,8-10H2,1-6H3. The van der Waals surface area contributed by atoms with Crippen molar-refractivity contribution < 1.29 is 4.74 Å². The van der Waals surface area contributed by atoms with Crippen LogP contribution in [0.2, 0.25) is 0 Å². The van der Waals surface area contributed by atoms with Crippen LogP contribution in [-0.2, 0) is 4.74 Å². The quantitative estimate of drug-likeness (QED) is 0.650. The lowest BCUT2D eigenvalue weighted by Gasteiger charge is -2.38. The summed E-state index contributed by atoms with van der Waals surface area (Å²) in [5.41, 5.74) is 1.92. The van der Waals surface area contributed by atoms with Gasteiger partial charge in [0.25, 0.3) is 0 Å². The van der Waals surface area contributed by atoms with E-state index < -0.39 is 0 Å². The minimum absolute atomic E-state index is 0.417. The summed E-state index contributed by atoms with van der Waals surface area (Å²) < 4.78 is 5.30. The number of allylic oxidation sites excluding steroid dienone is 1. The maximum absolute atomic E-state index is 5.30. The summed E-state index contributed by atoms with van der Waals surface area (Å²) in [6.07, 6.45) is 5.03. The molecule has 1 aliphatic rings. The number of rotatable bonds is 3. The molecule has 0 radical (unpaired) electrons. The largest absolute Gasteiger partial charge is 0.380 e. The van der Waals surface area contributed by atoms with Crippen LogP contribution in [0, 0.1) is 23.2 Å². The van der Waals surface area contributed by atoms with E-state index in [9.17, 15) is 0 Å². The predicted molar refractivity (Wildman–Crippen MR) is 70.5 cm³/mol. The zero-order chi connectivity index (χ0) is 12.3. The molecule has 0 fully saturated rings. The van der Waals surface area contributed by atoms with E-state index in [4.69, 9.17) is 4.74 Å². The van der Waals surface area contributed by atoms with E-state index in [0.29, 0.717) is 5.41 Å². The summed E-state index contributed by atoms with van der Waals surface area (Å²) in [5.74, 6) is 2.29. The van der Waals surface area contributed by atoms with Crippen molar-refractivity contribution in [2.24, 2.45) is 23.2 Å². The Morgan fingerprint density at radius 3 is 2.44 bits per heavy atom. The molecule has 0 aliphatic heterocycles. The predicted octanol–water partition coefficient (Wildman–Crippen LogP) is 4.29. The molecule has 0 aromatic heterocycles. The molecule has 2 atom stereocenters. The van der Waals surface area contributed by atoms with Crippen molar-refractivity contribution >= 4 is 0 Å². The molecule has 16 heavy (non-hydrogen) atoms. The Balaban J connectivity index is 2.79. The van der Waals surface area contributed by atoms with Gasteiger partial charge in [-0.2, -0.15) is 0 Å². The van der Waals surface area contributed by atoms with Crippen molar-refractivity contribution in [1.29, 1.82) is 0 Å². The Bertz CT molecular complexity index is 245. The second-order valence-corrected chi connectivity index (χ2v) is 6.67. The van der Waals surface area contributed by atoms with E-state index in [1.165, 1.54) is 18.4 Å². The van der Waals surface area contributed by atoms with Crippen molar-refractivity contribution in [3.05, 3.63) is 11.6 Å². The van der Waals surface area contributed by atoms with Crippen LogP contribution in [0.15, 0.2) is 11.6 Å². The topological polar surface area (TPSA) is 9.23 Å². The van der Waals surface area contributed by atoms with Gasteiger partial charge in [-0.25, -0.2) is 0 Å². The number of methoxy groups -OCH3 is 1. The molecular formula is C15H28O. The molecule has 0 spiro atoms. The van der Waals surface area contributed by atoms with E-state index in [2.05, 4.69) is 40.7 Å². The smallest absolute Gasteiger partial charge is 0.0673 e. The Morgan fingerprint density at radius 2 is 2.00 bits per heavy atom. The third-order valence-corrected chi connectivity index (χ3v) is 3.93. The van der Waals surface area contributed by atoms with Gasteiger partial charge in [0.1, 0.15) is 0 Å². The fourth-order valence-electron chi connectivity index (χ4n) is 2.58. The minimum Gasteiger partial charge on any atom is -0.380 e. The third-order valence-electron chi connectivity index (χ3n) is 3.93. The van der Waals surface area contributed by atoms with Gasteiger partial charge in [0, 0.05) is 7.11 Å². The van der Waals surface area contributed by atoms with Crippen LogP contribution in [0.25, 0.3) is 0 Å². The minimum atomic E-state index is 0.417. The number of ether oxygens (including phenoxy) is 1. The van der Waals surface area contributed by atoms with Crippen molar-refractivity contribution in [2.75, 3.05) is 13.7 Å². The highest BCUT2D eigenvalue weighted by atomic mass is 16.5. The third kappa shape index (κ3) is 3.62. The molecule has 0 aromatic carbocycles. The molecule has 2 unspecified atom stereocenters. The molecule has 1 nitrogen and oxygen atoms in total. The second kappa shape index (κ2) is 5.35. The summed E-state index contributed by atoms with van der Waals surface area (Å²) in [4.78, 5) is 0. The van der Waals surface area contributed by atoms with E-state index in [0.717, 1.165) is 24.4 Å². The van der Waals surface area contributed by atoms with E-state index in [1.54, 1.807) is 7.11 Å². The van der Waals surface area contributed by atoms with Gasteiger partial charge in [-0.1, -0.05) is 40.7 Å². The molecular weight excluding hydrogens is 196 g/mol. The van der Waals surface area contributed by atoms with Crippen LogP contribution in [0.1, 0.15) is 47.5 Å². The molecule has 0 N–H and O–H groups in total. The lowest BCUT2D eigenvalue weighted by atomic mass is 9.67. The monoisotopic (exact) mass is 224 g/mol. The zero-order valence-corrected chi connectivity index (χ0v) is 11.8. The van der Waals surface area contributed by atoms with Gasteiger partial charge in [0.15, 0.2) is 0 Å². The van der Waals surface area contributed by atoms with Crippen LogP contribution in [0.5, 0.6) is 0 Å². The first-order valence-electron chi connectivity index (χ1n) is 6.53. The first-order chi connectivity index (χ1) is 7.34. The van der Waals surface area contributed by atoms with Gasteiger partial charge in [0.05, 0.1) is 6.61 Å². The lowest BCUT2D eigenvalue weighted by Crippen LogP contribution is -2.29. The van der Waals surface area contributed by atoms with Gasteiger partial charge in [-0.05, 0) is 41.6 Å². The molecule has 0 amide bonds. The van der Waals surface area contributed by atoms with Crippen LogP contribution in [0.4, 0.5) is 0 Å². The van der Waals surface area contributed by atoms with Crippen molar-refractivity contribution in [2.45, 2.75) is 47.5 Å². The fourth-order valence-corrected chi connectivity index (χ4v) is 2.58. The van der Waals surface area contributed by atoms with Crippen molar-refractivity contribution in [3.63, 3.8) is 0 Å². The van der Waals surface area contributed by atoms with Gasteiger partial charge < -0.3 is 4.74 Å². The molecule has 1 rings (SSSR count). The lowest BCUT2D eigenvalue weighted by molar-refractivity contribution is 0.159. The molecule has 0 aromatic rings. The molecule has 0 bridgehead atoms. The maximum atomic E-state index is 5.30. The van der Waals surface area contributed by atoms with Crippen molar-refractivity contribution in [1.82, 2.24) is 0 Å². The Hall–Kier alpha value is -0.300. The molecule has 0 heterocycles. The summed E-state index contributed by atoms with van der Waals surface area (Å²) in [6, 6.07) is 0. The van der Waals surface area contributed by atoms with Crippen LogP contribution in [-0.4, -0.2) is 13.7 Å². The highest BCUT2D eigenvalue weighted by Gasteiger charge is 2.31. The summed E-state index contributed by atoms with van der Waals surface area (Å²) in [6.45, 7) is 12.6. The molecule has 94 valence electrons. The highest BCUT2D eigenvalue weighted by molar-refractivity contribution is 5.12. The van der Waals surface area contributed by atoms with Gasteiger partial charge in [-0.15, -0.1) is 0 Å². The van der Waals surface area contributed by atoms with Crippen molar-refractivity contribution in [3.8, 4) is 0 Å². The average Bonchev–Trinajstić information content (AvgIpc) is 2.16. The molecule has 1 heteroatoms. The average molecular weight is 224 g/mol. The van der Waals surface area contributed by atoms with Crippen LogP contribution >= 0.6 is 0 Å². The van der Waals surface area contributed by atoms with Gasteiger partial charge in [0.2, 0.25) is 0 Å². The summed E-state index contributed by atoms with van der Waals surface area (Å²) >= 11 is 0. The normalized spacial score (nSPS) is 27.1. The fraction of sp³-hybridized carbons (Fsp3) is 0.867. The Kier molecular flexibility index (Phi) is 4.61.